The van der Waals surface area contributed by atoms with E-state index in [2.05, 4.69) is 37.5 Å². The van der Waals surface area contributed by atoms with Crippen molar-refractivity contribution in [2.45, 2.75) is 57.9 Å². The van der Waals surface area contributed by atoms with Crippen LogP contribution in [0.1, 0.15) is 63.5 Å². The summed E-state index contributed by atoms with van der Waals surface area (Å²) >= 11 is 6.14. The molecular formula is C18H28ClN. The van der Waals surface area contributed by atoms with Gasteiger partial charge in [0.25, 0.3) is 0 Å². The molecule has 1 atom stereocenters. The number of hydrogen-bond acceptors (Lipinski definition) is 1. The summed E-state index contributed by atoms with van der Waals surface area (Å²) in [5.74, 6) is 1.74. The monoisotopic (exact) mass is 293 g/mol. The van der Waals surface area contributed by atoms with Crippen molar-refractivity contribution in [3.05, 3.63) is 34.9 Å². The minimum atomic E-state index is 0.459. The molecule has 1 nitrogen and oxygen atoms in total. The maximum Gasteiger partial charge on any atom is 0.0409 e. The fourth-order valence-corrected chi connectivity index (χ4v) is 3.88. The number of rotatable bonds is 6. The van der Waals surface area contributed by atoms with Crippen LogP contribution in [0.4, 0.5) is 0 Å². The molecule has 1 unspecified atom stereocenters. The van der Waals surface area contributed by atoms with Crippen LogP contribution >= 0.6 is 11.6 Å². The topological polar surface area (TPSA) is 12.0 Å². The second-order valence-corrected chi connectivity index (χ2v) is 6.68. The normalized spacial score (nSPS) is 24.6. The number of hydrogen-bond donors (Lipinski definition) is 1. The standard InChI is InChI=1S/C18H28ClN/c1-3-4-6-14-9-11-15(12-10-14)18(20-2)16-7-5-8-17(19)13-16/h5,7-8,13-15,18,20H,3-4,6,9-12H2,1-2H3. The Balaban J connectivity index is 1.93. The molecule has 0 aromatic heterocycles. The Morgan fingerprint density at radius 3 is 2.60 bits per heavy atom. The van der Waals surface area contributed by atoms with Crippen molar-refractivity contribution >= 4 is 11.6 Å². The number of halogens is 1. The van der Waals surface area contributed by atoms with E-state index in [0.717, 1.165) is 16.9 Å². The van der Waals surface area contributed by atoms with Gasteiger partial charge >= 0.3 is 0 Å². The summed E-state index contributed by atoms with van der Waals surface area (Å²) in [5.41, 5.74) is 1.34. The molecule has 0 bridgehead atoms. The van der Waals surface area contributed by atoms with Crippen LogP contribution < -0.4 is 5.32 Å². The zero-order valence-corrected chi connectivity index (χ0v) is 13.6. The largest absolute Gasteiger partial charge is 0.313 e. The van der Waals surface area contributed by atoms with Gasteiger partial charge in [0.1, 0.15) is 0 Å². The molecule has 1 fully saturated rings. The molecule has 0 radical (unpaired) electrons. The Morgan fingerprint density at radius 1 is 1.25 bits per heavy atom. The fraction of sp³-hybridized carbons (Fsp3) is 0.667. The lowest BCUT2D eigenvalue weighted by molar-refractivity contribution is 0.218. The molecule has 1 aromatic carbocycles. The van der Waals surface area contributed by atoms with Gasteiger partial charge in [0.05, 0.1) is 0 Å². The molecule has 0 heterocycles. The second kappa shape index (κ2) is 8.05. The van der Waals surface area contributed by atoms with Crippen LogP contribution in [0.15, 0.2) is 24.3 Å². The highest BCUT2D eigenvalue weighted by Crippen LogP contribution is 2.38. The van der Waals surface area contributed by atoms with E-state index >= 15 is 0 Å². The number of benzene rings is 1. The maximum atomic E-state index is 6.14. The summed E-state index contributed by atoms with van der Waals surface area (Å²) in [6.07, 6.45) is 9.69. The predicted molar refractivity (Wildman–Crippen MR) is 88.2 cm³/mol. The minimum absolute atomic E-state index is 0.459. The van der Waals surface area contributed by atoms with E-state index in [4.69, 9.17) is 11.6 Å². The van der Waals surface area contributed by atoms with Gasteiger partial charge in [-0.3, -0.25) is 0 Å². The Hall–Kier alpha value is -0.530. The zero-order valence-electron chi connectivity index (χ0n) is 12.9. The first kappa shape index (κ1) is 15.9. The van der Waals surface area contributed by atoms with Crippen molar-refractivity contribution in [1.82, 2.24) is 5.32 Å². The van der Waals surface area contributed by atoms with Crippen molar-refractivity contribution in [3.8, 4) is 0 Å². The maximum absolute atomic E-state index is 6.14. The molecule has 2 rings (SSSR count). The third-order valence-electron chi connectivity index (χ3n) is 4.85. The summed E-state index contributed by atoms with van der Waals surface area (Å²) < 4.78 is 0. The molecule has 112 valence electrons. The minimum Gasteiger partial charge on any atom is -0.313 e. The van der Waals surface area contributed by atoms with Gasteiger partial charge in [-0.2, -0.15) is 0 Å². The number of unbranched alkanes of at least 4 members (excludes halogenated alkanes) is 1. The van der Waals surface area contributed by atoms with E-state index in [-0.39, 0.29) is 0 Å². The van der Waals surface area contributed by atoms with Gasteiger partial charge in [-0.15, -0.1) is 0 Å². The van der Waals surface area contributed by atoms with Gasteiger partial charge in [-0.1, -0.05) is 62.8 Å². The SMILES string of the molecule is CCCCC1CCC(C(NC)c2cccc(Cl)c2)CC1. The Bertz CT molecular complexity index is 396. The molecule has 2 heteroatoms. The van der Waals surface area contributed by atoms with Crippen LogP contribution in [0.2, 0.25) is 5.02 Å². The van der Waals surface area contributed by atoms with Gasteiger partial charge in [0, 0.05) is 11.1 Å². The molecule has 1 aliphatic carbocycles. The summed E-state index contributed by atoms with van der Waals surface area (Å²) in [7, 11) is 2.08. The highest BCUT2D eigenvalue weighted by atomic mass is 35.5. The Kier molecular flexibility index (Phi) is 6.38. The quantitative estimate of drug-likeness (QED) is 0.720. The van der Waals surface area contributed by atoms with E-state index in [1.165, 1.54) is 50.5 Å². The van der Waals surface area contributed by atoms with Crippen LogP contribution in [-0.2, 0) is 0 Å². The smallest absolute Gasteiger partial charge is 0.0409 e. The van der Waals surface area contributed by atoms with Gasteiger partial charge in [0.2, 0.25) is 0 Å². The molecule has 0 spiro atoms. The average Bonchev–Trinajstić information content (AvgIpc) is 2.47. The summed E-state index contributed by atoms with van der Waals surface area (Å²) in [4.78, 5) is 0. The van der Waals surface area contributed by atoms with E-state index in [1.54, 1.807) is 0 Å². The van der Waals surface area contributed by atoms with Crippen molar-refractivity contribution in [2.75, 3.05) is 7.05 Å². The predicted octanol–water partition coefficient (Wildman–Crippen LogP) is 5.60. The third-order valence-corrected chi connectivity index (χ3v) is 5.08. The Morgan fingerprint density at radius 2 is 2.00 bits per heavy atom. The van der Waals surface area contributed by atoms with Gasteiger partial charge < -0.3 is 5.32 Å². The van der Waals surface area contributed by atoms with Crippen molar-refractivity contribution in [3.63, 3.8) is 0 Å². The van der Waals surface area contributed by atoms with E-state index in [9.17, 15) is 0 Å². The lowest BCUT2D eigenvalue weighted by Gasteiger charge is -2.34. The molecule has 0 aliphatic heterocycles. The first-order chi connectivity index (χ1) is 9.74. The van der Waals surface area contributed by atoms with Crippen molar-refractivity contribution < 1.29 is 0 Å². The second-order valence-electron chi connectivity index (χ2n) is 6.24. The summed E-state index contributed by atoms with van der Waals surface area (Å²) in [6, 6.07) is 8.80. The highest BCUT2D eigenvalue weighted by molar-refractivity contribution is 6.30. The lowest BCUT2D eigenvalue weighted by Crippen LogP contribution is -2.28. The number of nitrogens with one attached hydrogen (secondary N) is 1. The van der Waals surface area contributed by atoms with Gasteiger partial charge in [-0.25, -0.2) is 0 Å². The summed E-state index contributed by atoms with van der Waals surface area (Å²) in [5, 5.41) is 4.36. The summed E-state index contributed by atoms with van der Waals surface area (Å²) in [6.45, 7) is 2.29. The molecule has 20 heavy (non-hydrogen) atoms. The highest BCUT2D eigenvalue weighted by Gasteiger charge is 2.27. The average molecular weight is 294 g/mol. The molecular weight excluding hydrogens is 266 g/mol. The van der Waals surface area contributed by atoms with E-state index in [1.807, 2.05) is 6.07 Å². The van der Waals surface area contributed by atoms with Crippen molar-refractivity contribution in [2.24, 2.45) is 11.8 Å². The van der Waals surface area contributed by atoms with Crippen molar-refractivity contribution in [1.29, 1.82) is 0 Å². The first-order valence-corrected chi connectivity index (χ1v) is 8.55. The van der Waals surface area contributed by atoms with Gasteiger partial charge in [0.15, 0.2) is 0 Å². The molecule has 0 saturated heterocycles. The van der Waals surface area contributed by atoms with Crippen LogP contribution in [0.25, 0.3) is 0 Å². The van der Waals surface area contributed by atoms with E-state index < -0.39 is 0 Å². The zero-order chi connectivity index (χ0) is 14.4. The Labute approximate surface area is 129 Å². The molecule has 1 aromatic rings. The van der Waals surface area contributed by atoms with Crippen LogP contribution in [0, 0.1) is 11.8 Å². The fourth-order valence-electron chi connectivity index (χ4n) is 3.68. The first-order valence-electron chi connectivity index (χ1n) is 8.17. The third kappa shape index (κ3) is 4.23. The molecule has 1 saturated carbocycles. The van der Waals surface area contributed by atoms with Crippen LogP contribution in [0.3, 0.4) is 0 Å². The van der Waals surface area contributed by atoms with Crippen LogP contribution in [-0.4, -0.2) is 7.05 Å². The molecule has 1 N–H and O–H groups in total. The molecule has 1 aliphatic rings. The molecule has 0 amide bonds. The van der Waals surface area contributed by atoms with Crippen LogP contribution in [0.5, 0.6) is 0 Å². The van der Waals surface area contributed by atoms with Gasteiger partial charge in [-0.05, 0) is 49.4 Å². The van der Waals surface area contributed by atoms with E-state index in [0.29, 0.717) is 6.04 Å². The lowest BCUT2D eigenvalue weighted by atomic mass is 9.75.